The van der Waals surface area contributed by atoms with Crippen LogP contribution in [0.25, 0.3) is 0 Å². The van der Waals surface area contributed by atoms with Gasteiger partial charge < -0.3 is 9.84 Å². The fourth-order valence-corrected chi connectivity index (χ4v) is 2.49. The van der Waals surface area contributed by atoms with Crippen LogP contribution in [-0.4, -0.2) is 41.2 Å². The average Bonchev–Trinajstić information content (AvgIpc) is 2.88. The molecule has 1 aliphatic heterocycles. The van der Waals surface area contributed by atoms with Gasteiger partial charge in [0.1, 0.15) is 0 Å². The number of aromatic nitrogens is 2. The third kappa shape index (κ3) is 4.28. The van der Waals surface area contributed by atoms with Gasteiger partial charge in [0.2, 0.25) is 5.89 Å². The Labute approximate surface area is 115 Å². The van der Waals surface area contributed by atoms with Gasteiger partial charge in [-0.2, -0.15) is 4.98 Å². The zero-order valence-electron chi connectivity index (χ0n) is 12.4. The lowest BCUT2D eigenvalue weighted by atomic mass is 9.97. The largest absolute Gasteiger partial charge is 0.338 e. The minimum Gasteiger partial charge on any atom is -0.338 e. The first-order chi connectivity index (χ1) is 9.19. The molecule has 5 nitrogen and oxygen atoms in total. The van der Waals surface area contributed by atoms with Crippen LogP contribution in [0.5, 0.6) is 0 Å². The Kier molecular flexibility index (Phi) is 5.34. The summed E-state index contributed by atoms with van der Waals surface area (Å²) in [5.41, 5.74) is 0. The lowest BCUT2D eigenvalue weighted by Crippen LogP contribution is -2.36. The van der Waals surface area contributed by atoms with Crippen molar-refractivity contribution < 1.29 is 4.52 Å². The molecule has 2 heterocycles. The molecule has 1 N–H and O–H groups in total. The molecular weight excluding hydrogens is 240 g/mol. The van der Waals surface area contributed by atoms with Crippen LogP contribution >= 0.6 is 0 Å². The molecule has 0 saturated carbocycles. The second-order valence-corrected chi connectivity index (χ2v) is 5.72. The first-order valence-corrected chi connectivity index (χ1v) is 7.44. The van der Waals surface area contributed by atoms with Crippen molar-refractivity contribution in [2.45, 2.75) is 46.1 Å². The van der Waals surface area contributed by atoms with Crippen molar-refractivity contribution >= 4 is 0 Å². The van der Waals surface area contributed by atoms with Gasteiger partial charge in [-0.3, -0.25) is 4.90 Å². The molecular formula is C14H26N4O. The monoisotopic (exact) mass is 266 g/mol. The highest BCUT2D eigenvalue weighted by Crippen LogP contribution is 2.16. The Morgan fingerprint density at radius 2 is 2.11 bits per heavy atom. The highest BCUT2D eigenvalue weighted by atomic mass is 16.5. The number of piperidine rings is 1. The van der Waals surface area contributed by atoms with Crippen LogP contribution in [0.2, 0.25) is 0 Å². The Morgan fingerprint density at radius 3 is 2.68 bits per heavy atom. The predicted octanol–water partition coefficient (Wildman–Crippen LogP) is 2.01. The molecule has 2 rings (SSSR count). The van der Waals surface area contributed by atoms with Gasteiger partial charge in [0.05, 0.1) is 6.54 Å². The van der Waals surface area contributed by atoms with E-state index in [0.717, 1.165) is 50.4 Å². The van der Waals surface area contributed by atoms with E-state index in [2.05, 4.69) is 41.1 Å². The van der Waals surface area contributed by atoms with Gasteiger partial charge in [0.15, 0.2) is 5.82 Å². The van der Waals surface area contributed by atoms with E-state index in [-0.39, 0.29) is 0 Å². The van der Waals surface area contributed by atoms with Crippen LogP contribution in [0.1, 0.15) is 51.2 Å². The Balaban J connectivity index is 1.86. The summed E-state index contributed by atoms with van der Waals surface area (Å²) in [5.74, 6) is 2.69. The Morgan fingerprint density at radius 1 is 1.37 bits per heavy atom. The quantitative estimate of drug-likeness (QED) is 0.853. The van der Waals surface area contributed by atoms with E-state index < -0.39 is 0 Å². The maximum absolute atomic E-state index is 5.33. The molecule has 1 fully saturated rings. The third-order valence-corrected chi connectivity index (χ3v) is 3.78. The van der Waals surface area contributed by atoms with Gasteiger partial charge in [0, 0.05) is 12.5 Å². The number of nitrogens with one attached hydrogen (secondary N) is 1. The molecule has 19 heavy (non-hydrogen) atoms. The molecule has 108 valence electrons. The summed E-state index contributed by atoms with van der Waals surface area (Å²) in [6.07, 6.45) is 2.55. The van der Waals surface area contributed by atoms with Gasteiger partial charge >= 0.3 is 0 Å². The minimum absolute atomic E-state index is 0.331. The number of rotatable bonds is 6. The summed E-state index contributed by atoms with van der Waals surface area (Å²) >= 11 is 0. The molecule has 5 heteroatoms. The van der Waals surface area contributed by atoms with E-state index in [1.807, 2.05) is 0 Å². The fraction of sp³-hybridized carbons (Fsp3) is 0.857. The highest BCUT2D eigenvalue weighted by Gasteiger charge is 2.18. The number of hydrogen-bond acceptors (Lipinski definition) is 5. The maximum atomic E-state index is 5.33. The van der Waals surface area contributed by atoms with Gasteiger partial charge in [-0.05, 0) is 38.4 Å². The minimum atomic E-state index is 0.331. The number of hydrogen-bond donors (Lipinski definition) is 1. The van der Waals surface area contributed by atoms with E-state index >= 15 is 0 Å². The smallest absolute Gasteiger partial charge is 0.240 e. The molecule has 0 amide bonds. The summed E-state index contributed by atoms with van der Waals surface area (Å²) < 4.78 is 5.33. The van der Waals surface area contributed by atoms with Crippen LogP contribution in [-0.2, 0) is 6.54 Å². The average molecular weight is 266 g/mol. The molecule has 1 saturated heterocycles. The van der Waals surface area contributed by atoms with Crippen molar-refractivity contribution in [2.24, 2.45) is 5.92 Å². The van der Waals surface area contributed by atoms with Crippen molar-refractivity contribution in [3.05, 3.63) is 11.7 Å². The lowest BCUT2D eigenvalue weighted by molar-refractivity contribution is 0.185. The van der Waals surface area contributed by atoms with Crippen LogP contribution in [0.4, 0.5) is 0 Å². The van der Waals surface area contributed by atoms with E-state index in [4.69, 9.17) is 4.52 Å². The van der Waals surface area contributed by atoms with Crippen LogP contribution in [0.3, 0.4) is 0 Å². The summed E-state index contributed by atoms with van der Waals surface area (Å²) in [4.78, 5) is 6.87. The van der Waals surface area contributed by atoms with Gasteiger partial charge in [-0.1, -0.05) is 25.9 Å². The summed E-state index contributed by atoms with van der Waals surface area (Å²) in [6, 6.07) is 0. The molecule has 0 radical (unpaired) electrons. The normalized spacial score (nSPS) is 17.5. The molecule has 0 bridgehead atoms. The second-order valence-electron chi connectivity index (χ2n) is 5.72. The molecule has 0 unspecified atom stereocenters. The Hall–Kier alpha value is -0.940. The van der Waals surface area contributed by atoms with Crippen molar-refractivity contribution in [1.29, 1.82) is 0 Å². The van der Waals surface area contributed by atoms with E-state index in [1.165, 1.54) is 12.8 Å². The van der Waals surface area contributed by atoms with E-state index in [0.29, 0.717) is 5.92 Å². The summed E-state index contributed by atoms with van der Waals surface area (Å²) in [7, 11) is 0. The summed E-state index contributed by atoms with van der Waals surface area (Å²) in [5, 5.41) is 7.44. The molecule has 0 atom stereocenters. The maximum Gasteiger partial charge on any atom is 0.240 e. The second kappa shape index (κ2) is 7.01. The van der Waals surface area contributed by atoms with E-state index in [9.17, 15) is 0 Å². The van der Waals surface area contributed by atoms with Crippen LogP contribution in [0, 0.1) is 5.92 Å². The standard InChI is InChI=1S/C14H26N4O/c1-4-18(9-12-5-7-15-8-6-12)10-13-16-14(11(2)3)17-19-13/h11-12,15H,4-10H2,1-3H3. The van der Waals surface area contributed by atoms with Crippen LogP contribution < -0.4 is 5.32 Å². The lowest BCUT2D eigenvalue weighted by Gasteiger charge is -2.28. The first-order valence-electron chi connectivity index (χ1n) is 7.44. The van der Waals surface area contributed by atoms with Crippen molar-refractivity contribution in [1.82, 2.24) is 20.4 Å². The van der Waals surface area contributed by atoms with Crippen molar-refractivity contribution in [2.75, 3.05) is 26.2 Å². The summed E-state index contributed by atoms with van der Waals surface area (Å²) in [6.45, 7) is 11.6. The topological polar surface area (TPSA) is 54.2 Å². The number of nitrogens with zero attached hydrogens (tertiary/aromatic N) is 3. The first kappa shape index (κ1) is 14.5. The molecule has 1 aliphatic rings. The van der Waals surface area contributed by atoms with Gasteiger partial charge in [-0.25, -0.2) is 0 Å². The fourth-order valence-electron chi connectivity index (χ4n) is 2.49. The SMILES string of the molecule is CCN(Cc1nc(C(C)C)no1)CC1CCNCC1. The third-order valence-electron chi connectivity index (χ3n) is 3.78. The van der Waals surface area contributed by atoms with Crippen molar-refractivity contribution in [3.8, 4) is 0 Å². The Bertz CT molecular complexity index is 371. The van der Waals surface area contributed by atoms with Crippen molar-refractivity contribution in [3.63, 3.8) is 0 Å². The van der Waals surface area contributed by atoms with Gasteiger partial charge in [-0.15, -0.1) is 0 Å². The molecule has 1 aromatic rings. The van der Waals surface area contributed by atoms with Gasteiger partial charge in [0.25, 0.3) is 0 Å². The molecule has 0 aromatic carbocycles. The molecule has 0 aliphatic carbocycles. The highest BCUT2D eigenvalue weighted by molar-refractivity contribution is 4.91. The zero-order valence-corrected chi connectivity index (χ0v) is 12.4. The zero-order chi connectivity index (χ0) is 13.7. The molecule has 0 spiro atoms. The predicted molar refractivity (Wildman–Crippen MR) is 74.9 cm³/mol. The van der Waals surface area contributed by atoms with Crippen LogP contribution in [0.15, 0.2) is 4.52 Å². The van der Waals surface area contributed by atoms with E-state index in [1.54, 1.807) is 0 Å². The molecule has 1 aromatic heterocycles.